The summed E-state index contributed by atoms with van der Waals surface area (Å²) in [7, 11) is 0. The largest absolute Gasteiger partial charge is 0.368 e. The van der Waals surface area contributed by atoms with Gasteiger partial charge in [0.2, 0.25) is 5.95 Å². The van der Waals surface area contributed by atoms with E-state index in [0.29, 0.717) is 5.56 Å². The third-order valence-corrected chi connectivity index (χ3v) is 5.11. The second-order valence-corrected chi connectivity index (χ2v) is 9.06. The molecule has 4 rings (SSSR count). The third kappa shape index (κ3) is 4.07. The summed E-state index contributed by atoms with van der Waals surface area (Å²) in [5.74, 6) is 0.121. The quantitative estimate of drug-likeness (QED) is 0.390. The van der Waals surface area contributed by atoms with Gasteiger partial charge in [-0.15, -0.1) is 0 Å². The predicted molar refractivity (Wildman–Crippen MR) is 124 cm³/mol. The van der Waals surface area contributed by atoms with Crippen LogP contribution in [-0.4, -0.2) is 26.4 Å². The lowest BCUT2D eigenvalue weighted by atomic mass is 10.0. The first-order valence-electron chi connectivity index (χ1n) is 9.54. The first-order chi connectivity index (χ1) is 14.2. The highest BCUT2D eigenvalue weighted by Gasteiger charge is 2.19. The number of amides is 1. The highest BCUT2D eigenvalue weighted by Crippen LogP contribution is 2.38. The number of hydrogen-bond donors (Lipinski definition) is 3. The molecule has 0 radical (unpaired) electrons. The Bertz CT molecular complexity index is 1240. The monoisotopic (exact) mass is 463 g/mol. The smallest absolute Gasteiger partial charge is 0.251 e. The van der Waals surface area contributed by atoms with Crippen LogP contribution < -0.4 is 11.1 Å². The lowest BCUT2D eigenvalue weighted by molar-refractivity contribution is 0.0919. The molecule has 4 N–H and O–H groups in total. The molecule has 4 aromatic rings. The summed E-state index contributed by atoms with van der Waals surface area (Å²) in [6.45, 7) is 5.88. The number of carbonyl (C=O) groups is 1. The molecule has 0 bridgehead atoms. The first kappa shape index (κ1) is 20.1. The molecule has 152 valence electrons. The van der Waals surface area contributed by atoms with Crippen molar-refractivity contribution in [1.29, 1.82) is 0 Å². The number of nitrogen functional groups attached to an aromatic ring is 1. The van der Waals surface area contributed by atoms with Crippen molar-refractivity contribution in [3.63, 3.8) is 0 Å². The maximum absolute atomic E-state index is 12.5. The normalized spacial score (nSPS) is 11.6. The second-order valence-electron chi connectivity index (χ2n) is 8.15. The molecule has 2 aromatic heterocycles. The number of rotatable bonds is 3. The second kappa shape index (κ2) is 7.57. The molecular formula is C23H22BrN5O. The van der Waals surface area contributed by atoms with Crippen molar-refractivity contribution in [3.05, 3.63) is 64.8 Å². The van der Waals surface area contributed by atoms with E-state index in [-0.39, 0.29) is 17.4 Å². The van der Waals surface area contributed by atoms with E-state index >= 15 is 0 Å². The predicted octanol–water partition coefficient (Wildman–Crippen LogP) is 5.16. The van der Waals surface area contributed by atoms with E-state index in [1.807, 2.05) is 69.3 Å². The van der Waals surface area contributed by atoms with Crippen LogP contribution in [0.3, 0.4) is 0 Å². The summed E-state index contributed by atoms with van der Waals surface area (Å²) in [5.41, 5.74) is 10.7. The molecule has 7 heteroatoms. The minimum absolute atomic E-state index is 0.0987. The number of nitrogens with one attached hydrogen (secondary N) is 2. The van der Waals surface area contributed by atoms with Gasteiger partial charge in [0.05, 0.1) is 11.4 Å². The summed E-state index contributed by atoms with van der Waals surface area (Å²) < 4.78 is 0.970. The van der Waals surface area contributed by atoms with E-state index in [1.165, 1.54) is 0 Å². The first-order valence-corrected chi connectivity index (χ1v) is 10.3. The SMILES string of the molecule is CC(C)(C)NC(=O)c1ccc(-c2[nH]c3ccc(Br)cc3c2-c2ccnc(N)n2)cc1. The standard InChI is InChI=1S/C23H22BrN5O/c1-23(2,3)29-21(30)14-6-4-13(5-7-14)20-19(18-10-11-26-22(25)28-18)16-12-15(24)8-9-17(16)27-20/h4-12,27H,1-3H3,(H,29,30)(H2,25,26,28). The lowest BCUT2D eigenvalue weighted by Crippen LogP contribution is -2.40. The molecule has 0 saturated heterocycles. The molecule has 2 aromatic carbocycles. The van der Waals surface area contributed by atoms with E-state index in [4.69, 9.17) is 5.73 Å². The zero-order valence-electron chi connectivity index (χ0n) is 17.0. The van der Waals surface area contributed by atoms with Crippen LogP contribution in [0.4, 0.5) is 5.95 Å². The van der Waals surface area contributed by atoms with Gasteiger partial charge in [-0.3, -0.25) is 4.79 Å². The number of aromatic amines is 1. The number of fused-ring (bicyclic) bond motifs is 1. The van der Waals surface area contributed by atoms with Crippen LogP contribution in [0.25, 0.3) is 33.4 Å². The van der Waals surface area contributed by atoms with E-state index < -0.39 is 0 Å². The summed E-state index contributed by atoms with van der Waals surface area (Å²) in [4.78, 5) is 24.4. The molecule has 0 spiro atoms. The summed E-state index contributed by atoms with van der Waals surface area (Å²) >= 11 is 3.55. The van der Waals surface area contributed by atoms with Gasteiger partial charge >= 0.3 is 0 Å². The van der Waals surface area contributed by atoms with Crippen molar-refractivity contribution in [1.82, 2.24) is 20.3 Å². The maximum Gasteiger partial charge on any atom is 0.251 e. The summed E-state index contributed by atoms with van der Waals surface area (Å²) in [6.07, 6.45) is 1.65. The number of benzene rings is 2. The van der Waals surface area contributed by atoms with Crippen molar-refractivity contribution in [2.45, 2.75) is 26.3 Å². The molecule has 1 amide bonds. The number of H-pyrrole nitrogens is 1. The molecule has 30 heavy (non-hydrogen) atoms. The van der Waals surface area contributed by atoms with E-state index in [0.717, 1.165) is 37.9 Å². The molecular weight excluding hydrogens is 442 g/mol. The number of nitrogens with zero attached hydrogens (tertiary/aromatic N) is 2. The third-order valence-electron chi connectivity index (χ3n) is 4.62. The van der Waals surface area contributed by atoms with Crippen LogP contribution in [0.1, 0.15) is 31.1 Å². The van der Waals surface area contributed by atoms with E-state index in [2.05, 4.69) is 36.2 Å². The van der Waals surface area contributed by atoms with Gasteiger partial charge < -0.3 is 16.0 Å². The zero-order valence-corrected chi connectivity index (χ0v) is 18.5. The Labute approximate surface area is 183 Å². The van der Waals surface area contributed by atoms with Gasteiger partial charge in [0.1, 0.15) is 0 Å². The fourth-order valence-corrected chi connectivity index (χ4v) is 3.72. The van der Waals surface area contributed by atoms with Crippen molar-refractivity contribution in [2.75, 3.05) is 5.73 Å². The van der Waals surface area contributed by atoms with Crippen molar-refractivity contribution >= 4 is 38.7 Å². The Balaban J connectivity index is 1.83. The van der Waals surface area contributed by atoms with E-state index in [1.54, 1.807) is 6.20 Å². The van der Waals surface area contributed by atoms with Crippen molar-refractivity contribution in [3.8, 4) is 22.5 Å². The van der Waals surface area contributed by atoms with Gasteiger partial charge in [0.15, 0.2) is 0 Å². The van der Waals surface area contributed by atoms with E-state index in [9.17, 15) is 4.79 Å². The minimum Gasteiger partial charge on any atom is -0.368 e. The topological polar surface area (TPSA) is 96.7 Å². The van der Waals surface area contributed by atoms with Crippen molar-refractivity contribution < 1.29 is 4.79 Å². The van der Waals surface area contributed by atoms with Gasteiger partial charge in [0.25, 0.3) is 5.91 Å². The van der Waals surface area contributed by atoms with Crippen LogP contribution in [0.2, 0.25) is 0 Å². The highest BCUT2D eigenvalue weighted by molar-refractivity contribution is 9.10. The van der Waals surface area contributed by atoms with Crippen LogP contribution in [0.5, 0.6) is 0 Å². The Kier molecular flexibility index (Phi) is 5.07. The van der Waals surface area contributed by atoms with Crippen LogP contribution in [-0.2, 0) is 0 Å². The molecule has 0 saturated carbocycles. The fourth-order valence-electron chi connectivity index (χ4n) is 3.36. The number of nitrogens with two attached hydrogens (primary N) is 1. The summed E-state index contributed by atoms with van der Waals surface area (Å²) in [6, 6.07) is 15.4. The van der Waals surface area contributed by atoms with Gasteiger partial charge in [-0.1, -0.05) is 28.1 Å². The van der Waals surface area contributed by atoms with Crippen LogP contribution in [0, 0.1) is 0 Å². The molecule has 0 atom stereocenters. The lowest BCUT2D eigenvalue weighted by Gasteiger charge is -2.20. The molecule has 2 heterocycles. The van der Waals surface area contributed by atoms with Crippen molar-refractivity contribution in [2.24, 2.45) is 0 Å². The van der Waals surface area contributed by atoms with Gasteiger partial charge in [0, 0.05) is 38.2 Å². The summed E-state index contributed by atoms with van der Waals surface area (Å²) in [5, 5.41) is 4.00. The molecule has 6 nitrogen and oxygen atoms in total. The molecule has 0 unspecified atom stereocenters. The average Bonchev–Trinajstić information content (AvgIpc) is 3.05. The average molecular weight is 464 g/mol. The number of anilines is 1. The zero-order chi connectivity index (χ0) is 21.5. The molecule has 0 aliphatic carbocycles. The fraction of sp³-hybridized carbons (Fsp3) is 0.174. The number of carbonyl (C=O) groups excluding carboxylic acids is 1. The number of halogens is 1. The number of hydrogen-bond acceptors (Lipinski definition) is 4. The van der Waals surface area contributed by atoms with Crippen LogP contribution >= 0.6 is 15.9 Å². The Morgan fingerprint density at radius 2 is 1.83 bits per heavy atom. The molecule has 0 fully saturated rings. The van der Waals surface area contributed by atoms with Gasteiger partial charge in [-0.05, 0) is 62.7 Å². The number of aromatic nitrogens is 3. The van der Waals surface area contributed by atoms with Crippen LogP contribution in [0.15, 0.2) is 59.2 Å². The maximum atomic E-state index is 12.5. The van der Waals surface area contributed by atoms with Gasteiger partial charge in [-0.25, -0.2) is 9.97 Å². The highest BCUT2D eigenvalue weighted by atomic mass is 79.9. The minimum atomic E-state index is -0.291. The Morgan fingerprint density at radius 1 is 1.10 bits per heavy atom. The van der Waals surface area contributed by atoms with Gasteiger partial charge in [-0.2, -0.15) is 0 Å². The molecule has 0 aliphatic rings. The Hall–Kier alpha value is -3.19. The Morgan fingerprint density at radius 3 is 2.50 bits per heavy atom. The molecule has 0 aliphatic heterocycles.